The Hall–Kier alpha value is -0.570. The fourth-order valence-corrected chi connectivity index (χ4v) is 5.92. The standard InChI is InChI=1S/C19H33NO2/c1-12(21)20-16-18(5,6)13-9-14-15(11-17(2,3)4)22-8-7-19(14,16)10-13/h13-16H,7-11H2,1-6H3,(H,20,21)/t13-,14-,15-,16+,19-/m1/s1. The summed E-state index contributed by atoms with van der Waals surface area (Å²) in [5.41, 5.74) is 0.782. The molecule has 126 valence electrons. The number of hydrogen-bond donors (Lipinski definition) is 1. The summed E-state index contributed by atoms with van der Waals surface area (Å²) in [6, 6.07) is 0.313. The molecule has 1 spiro atoms. The van der Waals surface area contributed by atoms with E-state index in [1.807, 2.05) is 0 Å². The lowest BCUT2D eigenvalue weighted by molar-refractivity contribution is -0.140. The van der Waals surface area contributed by atoms with Gasteiger partial charge in [0.05, 0.1) is 6.10 Å². The van der Waals surface area contributed by atoms with Gasteiger partial charge in [0.2, 0.25) is 5.91 Å². The average molecular weight is 307 g/mol. The van der Waals surface area contributed by atoms with Crippen molar-refractivity contribution in [2.24, 2.45) is 28.1 Å². The van der Waals surface area contributed by atoms with Gasteiger partial charge in [-0.3, -0.25) is 4.79 Å². The summed E-state index contributed by atoms with van der Waals surface area (Å²) in [6.07, 6.45) is 5.16. The number of hydrogen-bond acceptors (Lipinski definition) is 2. The topological polar surface area (TPSA) is 38.3 Å². The minimum Gasteiger partial charge on any atom is -0.378 e. The Balaban J connectivity index is 1.90. The van der Waals surface area contributed by atoms with Crippen molar-refractivity contribution in [3.63, 3.8) is 0 Å². The summed E-state index contributed by atoms with van der Waals surface area (Å²) in [7, 11) is 0. The zero-order valence-corrected chi connectivity index (χ0v) is 15.2. The molecule has 0 unspecified atom stereocenters. The number of ether oxygens (including phenoxy) is 1. The van der Waals surface area contributed by atoms with Crippen LogP contribution in [0.5, 0.6) is 0 Å². The highest BCUT2D eigenvalue weighted by Gasteiger charge is 2.68. The molecule has 3 aliphatic rings. The number of carbonyl (C=O) groups excluding carboxylic acids is 1. The van der Waals surface area contributed by atoms with Crippen LogP contribution in [0.1, 0.15) is 67.2 Å². The van der Waals surface area contributed by atoms with Crippen molar-refractivity contribution >= 4 is 5.91 Å². The third-order valence-electron chi connectivity index (χ3n) is 6.78. The van der Waals surface area contributed by atoms with Crippen molar-refractivity contribution < 1.29 is 9.53 Å². The molecule has 2 aliphatic carbocycles. The quantitative estimate of drug-likeness (QED) is 0.843. The molecule has 1 saturated heterocycles. The lowest BCUT2D eigenvalue weighted by Crippen LogP contribution is -2.60. The Morgan fingerprint density at radius 1 is 1.32 bits per heavy atom. The molecule has 0 aromatic heterocycles. The van der Waals surface area contributed by atoms with Gasteiger partial charge in [-0.05, 0) is 53.8 Å². The van der Waals surface area contributed by atoms with Crippen molar-refractivity contribution in [3.8, 4) is 0 Å². The molecule has 1 heterocycles. The summed E-state index contributed by atoms with van der Waals surface area (Å²) in [5, 5.41) is 3.34. The highest BCUT2D eigenvalue weighted by atomic mass is 16.5. The molecule has 3 nitrogen and oxygen atoms in total. The van der Waals surface area contributed by atoms with Crippen molar-refractivity contribution in [3.05, 3.63) is 0 Å². The summed E-state index contributed by atoms with van der Waals surface area (Å²) < 4.78 is 6.22. The van der Waals surface area contributed by atoms with Gasteiger partial charge < -0.3 is 10.1 Å². The molecule has 2 saturated carbocycles. The number of carbonyl (C=O) groups is 1. The van der Waals surface area contributed by atoms with E-state index in [1.165, 1.54) is 12.8 Å². The minimum absolute atomic E-state index is 0.123. The maximum atomic E-state index is 11.8. The van der Waals surface area contributed by atoms with Gasteiger partial charge in [0.15, 0.2) is 0 Å². The molecule has 1 amide bonds. The van der Waals surface area contributed by atoms with Gasteiger partial charge in [-0.1, -0.05) is 34.6 Å². The summed E-state index contributed by atoms with van der Waals surface area (Å²) in [5.74, 6) is 1.46. The fraction of sp³-hybridized carbons (Fsp3) is 0.947. The van der Waals surface area contributed by atoms with E-state index in [0.717, 1.165) is 25.4 Å². The summed E-state index contributed by atoms with van der Waals surface area (Å²) >= 11 is 0. The largest absolute Gasteiger partial charge is 0.378 e. The molecule has 0 radical (unpaired) electrons. The van der Waals surface area contributed by atoms with Gasteiger partial charge in [0.1, 0.15) is 0 Å². The zero-order chi connectivity index (χ0) is 16.3. The van der Waals surface area contributed by atoms with Gasteiger partial charge in [0.25, 0.3) is 0 Å². The normalized spacial score (nSPS) is 43.0. The van der Waals surface area contributed by atoms with Crippen LogP contribution in [0.2, 0.25) is 0 Å². The van der Waals surface area contributed by atoms with Crippen LogP contribution < -0.4 is 5.32 Å². The fourth-order valence-electron chi connectivity index (χ4n) is 5.92. The van der Waals surface area contributed by atoms with Gasteiger partial charge in [-0.25, -0.2) is 0 Å². The predicted octanol–water partition coefficient (Wildman–Crippen LogP) is 3.77. The Labute approximate surface area is 135 Å². The summed E-state index contributed by atoms with van der Waals surface area (Å²) in [6.45, 7) is 14.2. The van der Waals surface area contributed by atoms with E-state index in [4.69, 9.17) is 4.74 Å². The predicted molar refractivity (Wildman–Crippen MR) is 88.5 cm³/mol. The van der Waals surface area contributed by atoms with Crippen LogP contribution in [-0.4, -0.2) is 24.7 Å². The second kappa shape index (κ2) is 4.96. The maximum absolute atomic E-state index is 11.8. The SMILES string of the molecule is CC(=O)N[C@H]1C(C)(C)[C@@H]2C[C@@H]3[C@@H](CC(C)(C)C)OCC[C@@]31C2. The molecule has 0 aromatic rings. The van der Waals surface area contributed by atoms with E-state index in [1.54, 1.807) is 6.92 Å². The smallest absolute Gasteiger partial charge is 0.217 e. The molecule has 22 heavy (non-hydrogen) atoms. The van der Waals surface area contributed by atoms with Crippen LogP contribution in [0, 0.1) is 28.1 Å². The molecular weight excluding hydrogens is 274 g/mol. The van der Waals surface area contributed by atoms with Crippen LogP contribution in [0.15, 0.2) is 0 Å². The third kappa shape index (κ3) is 2.40. The van der Waals surface area contributed by atoms with Crippen LogP contribution in [0.25, 0.3) is 0 Å². The second-order valence-corrected chi connectivity index (χ2v) is 9.86. The first-order chi connectivity index (χ1) is 10.1. The van der Waals surface area contributed by atoms with Crippen LogP contribution in [0.3, 0.4) is 0 Å². The molecule has 3 fully saturated rings. The minimum atomic E-state index is 0.123. The molecule has 1 aliphatic heterocycles. The highest BCUT2D eigenvalue weighted by molar-refractivity contribution is 5.73. The first-order valence-electron chi connectivity index (χ1n) is 8.95. The van der Waals surface area contributed by atoms with Gasteiger partial charge in [0, 0.05) is 19.6 Å². The van der Waals surface area contributed by atoms with Crippen molar-refractivity contribution in [2.75, 3.05) is 6.61 Å². The zero-order valence-electron chi connectivity index (χ0n) is 15.2. The Morgan fingerprint density at radius 2 is 2.00 bits per heavy atom. The Bertz CT molecular complexity index is 465. The Morgan fingerprint density at radius 3 is 2.59 bits per heavy atom. The van der Waals surface area contributed by atoms with Crippen LogP contribution >= 0.6 is 0 Å². The van der Waals surface area contributed by atoms with Crippen LogP contribution in [-0.2, 0) is 9.53 Å². The number of fused-ring (bicyclic) bond motifs is 1. The molecular formula is C19H33NO2. The molecule has 1 N–H and O–H groups in total. The summed E-state index contributed by atoms with van der Waals surface area (Å²) in [4.78, 5) is 11.8. The second-order valence-electron chi connectivity index (χ2n) is 9.86. The van der Waals surface area contributed by atoms with E-state index < -0.39 is 0 Å². The number of rotatable bonds is 2. The van der Waals surface area contributed by atoms with Gasteiger partial charge in [-0.15, -0.1) is 0 Å². The monoisotopic (exact) mass is 307 g/mol. The van der Waals surface area contributed by atoms with Crippen molar-refractivity contribution in [1.82, 2.24) is 5.32 Å². The molecule has 5 atom stereocenters. The average Bonchev–Trinajstić information content (AvgIpc) is 2.82. The molecule has 0 aromatic carbocycles. The lowest BCUT2D eigenvalue weighted by atomic mass is 9.58. The molecule has 2 bridgehead atoms. The first kappa shape index (κ1) is 16.3. The first-order valence-corrected chi connectivity index (χ1v) is 8.95. The van der Waals surface area contributed by atoms with E-state index in [-0.39, 0.29) is 16.7 Å². The van der Waals surface area contributed by atoms with Crippen molar-refractivity contribution in [2.45, 2.75) is 79.4 Å². The van der Waals surface area contributed by atoms with E-state index in [2.05, 4.69) is 39.9 Å². The maximum Gasteiger partial charge on any atom is 0.217 e. The Kier molecular flexibility index (Phi) is 3.67. The van der Waals surface area contributed by atoms with E-state index in [9.17, 15) is 4.79 Å². The van der Waals surface area contributed by atoms with E-state index in [0.29, 0.717) is 23.5 Å². The van der Waals surface area contributed by atoms with Crippen molar-refractivity contribution in [1.29, 1.82) is 0 Å². The van der Waals surface area contributed by atoms with Crippen LogP contribution in [0.4, 0.5) is 0 Å². The number of nitrogens with one attached hydrogen (secondary N) is 1. The highest BCUT2D eigenvalue weighted by Crippen LogP contribution is 2.69. The van der Waals surface area contributed by atoms with Gasteiger partial charge >= 0.3 is 0 Å². The third-order valence-corrected chi connectivity index (χ3v) is 6.78. The number of amides is 1. The van der Waals surface area contributed by atoms with Gasteiger partial charge in [-0.2, -0.15) is 0 Å². The van der Waals surface area contributed by atoms with E-state index >= 15 is 0 Å². The molecule has 3 rings (SSSR count). The lowest BCUT2D eigenvalue weighted by Gasteiger charge is -2.54. The molecule has 3 heteroatoms.